The van der Waals surface area contributed by atoms with Gasteiger partial charge in [0.1, 0.15) is 0 Å². The van der Waals surface area contributed by atoms with Gasteiger partial charge in [-0.25, -0.2) is 0 Å². The molecular weight excluding hydrogens is 393 g/mol. The van der Waals surface area contributed by atoms with Gasteiger partial charge in [0.2, 0.25) is 0 Å². The summed E-state index contributed by atoms with van der Waals surface area (Å²) in [6, 6.07) is 0. The van der Waals surface area contributed by atoms with E-state index in [1.54, 1.807) is 0 Å². The summed E-state index contributed by atoms with van der Waals surface area (Å²) in [5, 5.41) is 0. The summed E-state index contributed by atoms with van der Waals surface area (Å²) in [4.78, 5) is 0. The molecule has 0 aromatic heterocycles. The predicted molar refractivity (Wildman–Crippen MR) is 13.6 cm³/mol. The second-order valence-electron chi connectivity index (χ2n) is 0.447. The average molecular weight is 394 g/mol. The van der Waals surface area contributed by atoms with Crippen molar-refractivity contribution in [3.8, 4) is 0 Å². The average Bonchev–Trinajstić information content (AvgIpc) is 0.722. The van der Waals surface area contributed by atoms with E-state index in [9.17, 15) is 0 Å². The molecule has 0 saturated carbocycles. The Hall–Kier alpha value is 1.42. The Morgan fingerprint density at radius 3 is 1.17 bits per heavy atom. The summed E-state index contributed by atoms with van der Waals surface area (Å²) in [6.07, 6.45) is 0. The zero-order chi connectivity index (χ0) is 4.50. The van der Waals surface area contributed by atoms with E-state index in [1.807, 2.05) is 0 Å². The molecule has 0 N–H and O–H groups in total. The van der Waals surface area contributed by atoms with Crippen LogP contribution in [0.2, 0.25) is 0 Å². The van der Waals surface area contributed by atoms with Crippen LogP contribution in [-0.2, 0) is 3.02 Å². The van der Waals surface area contributed by atoms with Crippen LogP contribution in [0.1, 0.15) is 0 Å². The Bertz CT molecular complexity index is 53.7. The molecule has 0 aliphatic carbocycles. The summed E-state index contributed by atoms with van der Waals surface area (Å²) in [7, 11) is 0. The van der Waals surface area contributed by atoms with Crippen molar-refractivity contribution in [1.82, 2.24) is 0 Å². The second-order valence-corrected chi connectivity index (χ2v) is 3.00. The predicted octanol–water partition coefficient (Wildman–Crippen LogP) is -4.72. The fraction of sp³-hybridized carbons (Fsp3) is 0. The summed E-state index contributed by atoms with van der Waals surface area (Å²) in [6.45, 7) is 0. The van der Waals surface area contributed by atoms with E-state index in [1.165, 1.54) is 0 Å². The monoisotopic (exact) mass is 394 g/mol. The molecule has 0 heterocycles. The molecule has 0 aliphatic heterocycles. The van der Waals surface area contributed by atoms with E-state index in [2.05, 4.69) is 0 Å². The molecule has 0 aromatic carbocycles. The number of hydrogen-bond donors (Lipinski definition) is 0. The third-order valence-electron chi connectivity index (χ3n) is 0. The third-order valence-corrected chi connectivity index (χ3v) is 0. The van der Waals surface area contributed by atoms with Gasteiger partial charge in [-0.3, -0.25) is 0 Å². The molecule has 6 heavy (non-hydrogen) atoms. The summed E-state index contributed by atoms with van der Waals surface area (Å²) in [5.74, 6) is 0. The van der Waals surface area contributed by atoms with Gasteiger partial charge < -0.3 is 0 Å². The van der Waals surface area contributed by atoms with Crippen LogP contribution in [0.15, 0.2) is 0 Å². The molecule has 0 radical (unpaired) electrons. The van der Waals surface area contributed by atoms with Crippen LogP contribution in [0.3, 0.4) is 0 Å². The zero-order valence-electron chi connectivity index (χ0n) is 2.66. The van der Waals surface area contributed by atoms with Crippen LogP contribution in [0, 0.1) is 0 Å². The molecule has 0 saturated heterocycles. The summed E-state index contributed by atoms with van der Waals surface area (Å²) >= 11 is -6.10. The molecule has 0 atom stereocenters. The number of rotatable bonds is 0. The molecule has 0 rings (SSSR count). The molecule has 6 heteroatoms. The van der Waals surface area contributed by atoms with Crippen LogP contribution in [0.4, 0.5) is 0 Å². The van der Waals surface area contributed by atoms with E-state index in [4.69, 9.17) is 13.2 Å². The quantitative estimate of drug-likeness (QED) is 0.387. The van der Waals surface area contributed by atoms with Crippen LogP contribution in [-0.4, -0.2) is 47.4 Å². The van der Waals surface area contributed by atoms with Crippen LogP contribution < -0.4 is 10.2 Å². The van der Waals surface area contributed by atoms with E-state index in [0.717, 1.165) is 0 Å². The first kappa shape index (κ1) is 10.4. The van der Waals surface area contributed by atoms with Crippen LogP contribution in [0.25, 0.3) is 0 Å². The SMILES string of the molecule is [O]=[Sb]([O-])([O-])[O-].[PbH+3]. The van der Waals surface area contributed by atoms with Crippen LogP contribution >= 0.6 is 0 Å². The van der Waals surface area contributed by atoms with Gasteiger partial charge in [0.25, 0.3) is 0 Å². The molecule has 0 aliphatic rings. The Balaban J connectivity index is 0. The first-order chi connectivity index (χ1) is 2.00. The molecule has 34 valence electrons. The molecule has 0 spiro atoms. The van der Waals surface area contributed by atoms with Gasteiger partial charge in [-0.05, 0) is 0 Å². The standard InChI is InChI=1S/4O.Pb.Sb.H/q;3*-1;+3;;. The van der Waals surface area contributed by atoms with E-state index >= 15 is 0 Å². The summed E-state index contributed by atoms with van der Waals surface area (Å²) in [5.41, 5.74) is 0. The fourth-order valence-corrected chi connectivity index (χ4v) is 0. The molecule has 4 nitrogen and oxygen atoms in total. The van der Waals surface area contributed by atoms with E-state index < -0.39 is 20.1 Å². The van der Waals surface area contributed by atoms with Crippen molar-refractivity contribution < 1.29 is 13.2 Å². The van der Waals surface area contributed by atoms with Crippen LogP contribution in [0.5, 0.6) is 0 Å². The van der Waals surface area contributed by atoms with Crippen molar-refractivity contribution >= 4 is 47.4 Å². The van der Waals surface area contributed by atoms with Crippen molar-refractivity contribution in [3.05, 3.63) is 0 Å². The van der Waals surface area contributed by atoms with Crippen molar-refractivity contribution in [3.63, 3.8) is 0 Å². The first-order valence-corrected chi connectivity index (χ1v) is 4.90. The zero-order valence-corrected chi connectivity index (χ0v) is 9.70. The van der Waals surface area contributed by atoms with E-state index in [-0.39, 0.29) is 27.3 Å². The van der Waals surface area contributed by atoms with Crippen molar-refractivity contribution in [2.75, 3.05) is 0 Å². The maximum absolute atomic E-state index is 8.64. The third kappa shape index (κ3) is 52.5. The Morgan fingerprint density at radius 2 is 1.17 bits per heavy atom. The van der Waals surface area contributed by atoms with Crippen molar-refractivity contribution in [1.29, 1.82) is 0 Å². The molecule has 0 fully saturated rings. The Kier molecular flexibility index (Phi) is 5.94. The van der Waals surface area contributed by atoms with Gasteiger partial charge in [0.15, 0.2) is 0 Å². The van der Waals surface area contributed by atoms with Gasteiger partial charge in [-0.1, -0.05) is 0 Å². The first-order valence-electron chi connectivity index (χ1n) is 0.730. The minimum absolute atomic E-state index is 0. The molecule has 0 unspecified atom stereocenters. The van der Waals surface area contributed by atoms with Gasteiger partial charge >= 0.3 is 60.5 Å². The summed E-state index contributed by atoms with van der Waals surface area (Å²) < 4.78 is 34.6. The Morgan fingerprint density at radius 1 is 1.17 bits per heavy atom. The van der Waals surface area contributed by atoms with Gasteiger partial charge in [0.05, 0.1) is 0 Å². The fourth-order valence-electron chi connectivity index (χ4n) is 0. The molecule has 0 aromatic rings. The van der Waals surface area contributed by atoms with Gasteiger partial charge in [0, 0.05) is 0 Å². The second kappa shape index (κ2) is 3.43. The van der Waals surface area contributed by atoms with Crippen molar-refractivity contribution in [2.45, 2.75) is 0 Å². The maximum atomic E-state index is 8.64. The topological polar surface area (TPSA) is 86.2 Å². The molecule has 0 bridgehead atoms. The van der Waals surface area contributed by atoms with Crippen molar-refractivity contribution in [2.24, 2.45) is 0 Å². The minimum atomic E-state index is -6.10. The number of hydrogen-bond acceptors (Lipinski definition) is 4. The molecular formula is HO4PbSb. The normalized spacial score (nSPS) is 9.83. The molecule has 0 amide bonds. The van der Waals surface area contributed by atoms with Gasteiger partial charge in [-0.2, -0.15) is 0 Å². The van der Waals surface area contributed by atoms with E-state index in [0.29, 0.717) is 0 Å². The Labute approximate surface area is 60.0 Å². The van der Waals surface area contributed by atoms with Gasteiger partial charge in [-0.15, -0.1) is 0 Å².